The molecule has 2 atom stereocenters. The lowest BCUT2D eigenvalue weighted by Gasteiger charge is -2.34. The summed E-state index contributed by atoms with van der Waals surface area (Å²) in [7, 11) is 0. The van der Waals surface area contributed by atoms with Crippen molar-refractivity contribution in [1.29, 1.82) is 0 Å². The molecule has 1 heterocycles. The summed E-state index contributed by atoms with van der Waals surface area (Å²) in [6.45, 7) is 4.06. The van der Waals surface area contributed by atoms with Crippen LogP contribution in [0.3, 0.4) is 0 Å². The van der Waals surface area contributed by atoms with Crippen LogP contribution in [0.25, 0.3) is 0 Å². The molecule has 2 aromatic carbocycles. The molecule has 0 aliphatic carbocycles. The highest BCUT2D eigenvalue weighted by atomic mass is 16.5. The number of likely N-dealkylation sites (tertiary alicyclic amines) is 1. The first kappa shape index (κ1) is 19.4. The molecule has 2 unspecified atom stereocenters. The van der Waals surface area contributed by atoms with E-state index >= 15 is 0 Å². The van der Waals surface area contributed by atoms with E-state index in [1.807, 2.05) is 55.5 Å². The van der Waals surface area contributed by atoms with Gasteiger partial charge in [-0.1, -0.05) is 55.0 Å². The summed E-state index contributed by atoms with van der Waals surface area (Å²) in [6.07, 6.45) is 3.88. The van der Waals surface area contributed by atoms with Crippen LogP contribution in [-0.2, 0) is 9.53 Å². The molecule has 1 saturated heterocycles. The first-order valence-corrected chi connectivity index (χ1v) is 9.95. The van der Waals surface area contributed by atoms with E-state index in [0.29, 0.717) is 6.61 Å². The van der Waals surface area contributed by atoms with Gasteiger partial charge in [-0.2, -0.15) is 0 Å². The van der Waals surface area contributed by atoms with Crippen LogP contribution >= 0.6 is 0 Å². The van der Waals surface area contributed by atoms with Crippen molar-refractivity contribution in [3.05, 3.63) is 66.2 Å². The molecule has 2 aromatic rings. The molecule has 4 heteroatoms. The molecule has 0 amide bonds. The Labute approximate surface area is 162 Å². The van der Waals surface area contributed by atoms with Gasteiger partial charge < -0.3 is 9.47 Å². The Morgan fingerprint density at radius 3 is 2.48 bits per heavy atom. The zero-order valence-electron chi connectivity index (χ0n) is 16.0. The molecule has 0 bridgehead atoms. The van der Waals surface area contributed by atoms with Gasteiger partial charge in [0.2, 0.25) is 0 Å². The van der Waals surface area contributed by atoms with Crippen molar-refractivity contribution in [3.8, 4) is 5.75 Å². The Balaban J connectivity index is 1.68. The zero-order valence-corrected chi connectivity index (χ0v) is 16.0. The van der Waals surface area contributed by atoms with E-state index in [0.717, 1.165) is 50.1 Å². The molecule has 27 heavy (non-hydrogen) atoms. The molecule has 0 radical (unpaired) electrons. The lowest BCUT2D eigenvalue weighted by Crippen LogP contribution is -2.46. The van der Waals surface area contributed by atoms with Gasteiger partial charge in [-0.05, 0) is 44.0 Å². The average molecular weight is 367 g/mol. The van der Waals surface area contributed by atoms with Crippen molar-refractivity contribution in [1.82, 2.24) is 4.90 Å². The maximum Gasteiger partial charge on any atom is 0.323 e. The number of para-hydroxylation sites is 1. The van der Waals surface area contributed by atoms with Gasteiger partial charge in [0.25, 0.3) is 0 Å². The number of benzene rings is 2. The molecule has 1 aliphatic heterocycles. The molecular weight excluding hydrogens is 338 g/mol. The summed E-state index contributed by atoms with van der Waals surface area (Å²) in [6, 6.07) is 20.1. The molecule has 3 rings (SSSR count). The normalized spacial score (nSPS) is 18.6. The third-order valence-electron chi connectivity index (χ3n) is 5.04. The number of carbonyl (C=O) groups excluding carboxylic acids is 1. The molecular formula is C23H29NO3. The zero-order chi connectivity index (χ0) is 18.9. The van der Waals surface area contributed by atoms with Gasteiger partial charge in [0.1, 0.15) is 17.9 Å². The van der Waals surface area contributed by atoms with Crippen molar-refractivity contribution >= 4 is 5.97 Å². The molecule has 0 aromatic heterocycles. The van der Waals surface area contributed by atoms with E-state index in [4.69, 9.17) is 9.47 Å². The van der Waals surface area contributed by atoms with Crippen molar-refractivity contribution in [2.45, 2.75) is 44.8 Å². The van der Waals surface area contributed by atoms with Crippen LogP contribution in [0.4, 0.5) is 0 Å². The number of nitrogens with zero attached hydrogens (tertiary/aromatic N) is 1. The number of esters is 1. The van der Waals surface area contributed by atoms with Crippen molar-refractivity contribution in [2.24, 2.45) is 0 Å². The number of hydrogen-bond acceptors (Lipinski definition) is 4. The fraction of sp³-hybridized carbons (Fsp3) is 0.435. The van der Waals surface area contributed by atoms with E-state index in [2.05, 4.69) is 17.0 Å². The van der Waals surface area contributed by atoms with Crippen molar-refractivity contribution in [2.75, 3.05) is 19.7 Å². The monoisotopic (exact) mass is 367 g/mol. The van der Waals surface area contributed by atoms with Crippen molar-refractivity contribution in [3.63, 3.8) is 0 Å². The minimum absolute atomic E-state index is 0.0432. The molecule has 0 N–H and O–H groups in total. The highest BCUT2D eigenvalue weighted by Gasteiger charge is 2.30. The van der Waals surface area contributed by atoms with Crippen LogP contribution in [0.5, 0.6) is 5.75 Å². The maximum atomic E-state index is 12.3. The minimum Gasteiger partial charge on any atom is -0.486 e. The molecule has 4 nitrogen and oxygen atoms in total. The van der Waals surface area contributed by atoms with Crippen LogP contribution in [0, 0.1) is 0 Å². The lowest BCUT2D eigenvalue weighted by molar-refractivity contribution is -0.151. The highest BCUT2D eigenvalue weighted by molar-refractivity contribution is 5.75. The second-order valence-corrected chi connectivity index (χ2v) is 6.92. The van der Waals surface area contributed by atoms with Crippen molar-refractivity contribution < 1.29 is 14.3 Å². The van der Waals surface area contributed by atoms with Crippen LogP contribution in [0.15, 0.2) is 60.7 Å². The number of piperidine rings is 1. The Hall–Kier alpha value is -2.33. The molecule has 0 spiro atoms. The van der Waals surface area contributed by atoms with E-state index in [1.54, 1.807) is 0 Å². The van der Waals surface area contributed by atoms with Gasteiger partial charge in [-0.15, -0.1) is 0 Å². The first-order valence-electron chi connectivity index (χ1n) is 9.95. The lowest BCUT2D eigenvalue weighted by atomic mass is 10.00. The first-order chi connectivity index (χ1) is 13.3. The predicted octanol–water partition coefficient (Wildman–Crippen LogP) is 4.61. The van der Waals surface area contributed by atoms with Gasteiger partial charge >= 0.3 is 5.97 Å². The van der Waals surface area contributed by atoms with Crippen LogP contribution < -0.4 is 4.74 Å². The summed E-state index contributed by atoms with van der Waals surface area (Å²) in [4.78, 5) is 14.6. The van der Waals surface area contributed by atoms with Crippen LogP contribution in [0.2, 0.25) is 0 Å². The largest absolute Gasteiger partial charge is 0.486 e. The van der Waals surface area contributed by atoms with Gasteiger partial charge in [0.15, 0.2) is 0 Å². The second-order valence-electron chi connectivity index (χ2n) is 6.92. The summed E-state index contributed by atoms with van der Waals surface area (Å²) in [5, 5.41) is 0. The number of carbonyl (C=O) groups is 1. The van der Waals surface area contributed by atoms with Gasteiger partial charge in [0.05, 0.1) is 6.61 Å². The number of rotatable bonds is 8. The SMILES string of the molecule is CCOC(=O)C1CCCCN1CCC(Oc1ccccc1)c1ccccc1. The van der Waals surface area contributed by atoms with Gasteiger partial charge in [-0.25, -0.2) is 0 Å². The van der Waals surface area contributed by atoms with Crippen LogP contribution in [-0.4, -0.2) is 36.6 Å². The highest BCUT2D eigenvalue weighted by Crippen LogP contribution is 2.27. The van der Waals surface area contributed by atoms with E-state index < -0.39 is 0 Å². The molecule has 0 saturated carbocycles. The van der Waals surface area contributed by atoms with E-state index in [-0.39, 0.29) is 18.1 Å². The van der Waals surface area contributed by atoms with Gasteiger partial charge in [0, 0.05) is 13.0 Å². The van der Waals surface area contributed by atoms with E-state index in [1.165, 1.54) is 0 Å². The molecule has 144 valence electrons. The Morgan fingerprint density at radius 1 is 1.07 bits per heavy atom. The Kier molecular flexibility index (Phi) is 7.28. The third-order valence-corrected chi connectivity index (χ3v) is 5.04. The smallest absolute Gasteiger partial charge is 0.323 e. The predicted molar refractivity (Wildman–Crippen MR) is 107 cm³/mol. The Bertz CT molecular complexity index is 689. The number of hydrogen-bond donors (Lipinski definition) is 0. The molecule has 1 aliphatic rings. The summed E-state index contributed by atoms with van der Waals surface area (Å²) >= 11 is 0. The Morgan fingerprint density at radius 2 is 1.78 bits per heavy atom. The quantitative estimate of drug-likeness (QED) is 0.639. The maximum absolute atomic E-state index is 12.3. The standard InChI is InChI=1S/C23H29NO3/c1-2-26-23(25)21-15-9-10-17-24(21)18-16-22(19-11-5-3-6-12-19)27-20-13-7-4-8-14-20/h3-8,11-14,21-22H,2,9-10,15-18H2,1H3. The fourth-order valence-electron chi connectivity index (χ4n) is 3.67. The summed E-state index contributed by atoms with van der Waals surface area (Å²) < 4.78 is 11.6. The van der Waals surface area contributed by atoms with Crippen LogP contribution in [0.1, 0.15) is 44.3 Å². The van der Waals surface area contributed by atoms with Gasteiger partial charge in [-0.3, -0.25) is 9.69 Å². The topological polar surface area (TPSA) is 38.8 Å². The van der Waals surface area contributed by atoms with E-state index in [9.17, 15) is 4.79 Å². The average Bonchev–Trinajstić information content (AvgIpc) is 2.73. The minimum atomic E-state index is -0.119. The molecule has 1 fully saturated rings. The second kappa shape index (κ2) is 10.1. The third kappa shape index (κ3) is 5.57. The fourth-order valence-corrected chi connectivity index (χ4v) is 3.67. The summed E-state index contributed by atoms with van der Waals surface area (Å²) in [5.74, 6) is 0.782. The summed E-state index contributed by atoms with van der Waals surface area (Å²) in [5.41, 5.74) is 1.16. The number of ether oxygens (including phenoxy) is 2.